The van der Waals surface area contributed by atoms with Crippen LogP contribution in [-0.4, -0.2) is 193 Å². The summed E-state index contributed by atoms with van der Waals surface area (Å²) in [5, 5.41) is 121. The average Bonchev–Trinajstić information content (AvgIpc) is 0.781. The van der Waals surface area contributed by atoms with Crippen molar-refractivity contribution < 1.29 is 89.4 Å². The predicted octanol–water partition coefficient (Wildman–Crippen LogP) is 16.7. The van der Waals surface area contributed by atoms with Gasteiger partial charge >= 0.3 is 0 Å². The molecule has 0 aromatic heterocycles. The van der Waals surface area contributed by atoms with E-state index in [0.29, 0.717) is 6.42 Å². The zero-order chi connectivity index (χ0) is 76.7. The van der Waals surface area contributed by atoms with Crippen LogP contribution in [0.5, 0.6) is 0 Å². The molecule has 17 unspecified atom stereocenters. The maximum absolute atomic E-state index is 13.5. The molecule has 3 rings (SSSR count). The predicted molar refractivity (Wildman–Crippen MR) is 425 cm³/mol. The molecule has 0 radical (unpaired) electrons. The number of hydrogen-bond donors (Lipinski definition) is 12. The van der Waals surface area contributed by atoms with Gasteiger partial charge in [-0.05, 0) is 19.3 Å². The van der Waals surface area contributed by atoms with Gasteiger partial charge in [0, 0.05) is 6.42 Å². The number of allylic oxidation sites excluding steroid dienone is 1. The van der Waals surface area contributed by atoms with Crippen LogP contribution in [0.25, 0.3) is 0 Å². The van der Waals surface area contributed by atoms with E-state index in [1.54, 1.807) is 6.08 Å². The lowest BCUT2D eigenvalue weighted by Gasteiger charge is -2.48. The summed E-state index contributed by atoms with van der Waals surface area (Å²) in [6.45, 7) is 1.82. The Kier molecular flexibility index (Phi) is 63.3. The van der Waals surface area contributed by atoms with Gasteiger partial charge in [0.15, 0.2) is 18.9 Å². The minimum Gasteiger partial charge on any atom is -0.394 e. The van der Waals surface area contributed by atoms with Crippen molar-refractivity contribution in [3.8, 4) is 0 Å². The molecule has 0 spiro atoms. The van der Waals surface area contributed by atoms with Crippen LogP contribution in [0.15, 0.2) is 12.2 Å². The van der Waals surface area contributed by atoms with Gasteiger partial charge in [-0.15, -0.1) is 0 Å². The second-order valence-corrected chi connectivity index (χ2v) is 32.4. The van der Waals surface area contributed by atoms with Crippen molar-refractivity contribution in [1.29, 1.82) is 0 Å². The first-order valence-electron chi connectivity index (χ1n) is 44.9. The molecular weight excluding hydrogens is 1350 g/mol. The normalized spacial score (nSPS) is 25.6. The first-order chi connectivity index (χ1) is 51.8. The molecule has 1 amide bonds. The molecule has 19 heteroatoms. The highest BCUT2D eigenvalue weighted by molar-refractivity contribution is 5.76. The fraction of sp³-hybridized carbons (Fsp3) is 0.966. The summed E-state index contributed by atoms with van der Waals surface area (Å²) in [5.74, 6) is -0.265. The standard InChI is InChI=1S/C87H167NO18/c1-3-5-7-9-11-13-15-17-19-21-23-25-27-29-31-32-33-34-35-36-37-38-39-41-43-45-47-49-51-53-55-57-59-61-63-65-75(93)88-70(71(92)64-62-60-58-56-54-52-50-48-46-44-42-40-30-28-26-24-22-20-18-16-14-12-10-8-6-4-2)69-101-85-81(99)78(96)83(73(67-90)103-85)106-87-82(100)79(97)84(74(68-91)104-87)105-86-80(98)77(95)76(94)72(66-89)102-86/h62,64,70-74,76-87,89-92,94-100H,3-61,63,65-69H2,1-2H3,(H,88,93)/b64-62+. The van der Waals surface area contributed by atoms with Gasteiger partial charge in [0.1, 0.15) is 73.2 Å². The van der Waals surface area contributed by atoms with Crippen molar-refractivity contribution in [2.45, 2.75) is 510 Å². The molecule has 19 nitrogen and oxygen atoms in total. The van der Waals surface area contributed by atoms with Gasteiger partial charge in [-0.2, -0.15) is 0 Å². The first-order valence-corrected chi connectivity index (χ1v) is 44.9. The molecule has 3 aliphatic rings. The van der Waals surface area contributed by atoms with Crippen LogP contribution in [0, 0.1) is 0 Å². The van der Waals surface area contributed by atoms with E-state index in [1.165, 1.54) is 334 Å². The Morgan fingerprint density at radius 3 is 0.887 bits per heavy atom. The van der Waals surface area contributed by atoms with Crippen LogP contribution < -0.4 is 5.32 Å². The quantitative estimate of drug-likeness (QED) is 0.0199. The molecule has 0 aliphatic carbocycles. The van der Waals surface area contributed by atoms with E-state index < -0.39 is 124 Å². The largest absolute Gasteiger partial charge is 0.394 e. The number of amides is 1. The van der Waals surface area contributed by atoms with Crippen molar-refractivity contribution in [2.24, 2.45) is 0 Å². The summed E-state index contributed by atoms with van der Waals surface area (Å²) in [6, 6.07) is -0.971. The van der Waals surface area contributed by atoms with Gasteiger partial charge in [0.2, 0.25) is 5.91 Å². The Hall–Kier alpha value is -1.47. The Balaban J connectivity index is 1.32. The molecule has 3 saturated heterocycles. The van der Waals surface area contributed by atoms with Crippen LogP contribution >= 0.6 is 0 Å². The van der Waals surface area contributed by atoms with Crippen molar-refractivity contribution in [3.05, 3.63) is 12.2 Å². The molecule has 12 N–H and O–H groups in total. The highest BCUT2D eigenvalue weighted by atomic mass is 16.8. The fourth-order valence-electron chi connectivity index (χ4n) is 15.7. The number of aliphatic hydroxyl groups is 11. The number of hydrogen-bond acceptors (Lipinski definition) is 18. The SMILES string of the molecule is CCCCCCCCCCCCCCCCCCCCCCCCCC/C=C/C(O)C(COC1OC(CO)C(OC2OC(CO)C(OC3OC(CO)C(O)C(O)C3O)C(O)C2O)C(O)C1O)NC(=O)CCCCCCCCCCCCCCCCCCCCCCCCCCCCCCCCCCCCC. The zero-order valence-electron chi connectivity index (χ0n) is 67.7. The van der Waals surface area contributed by atoms with E-state index in [1.807, 2.05) is 6.08 Å². The summed E-state index contributed by atoms with van der Waals surface area (Å²) in [6.07, 6.45) is 56.6. The molecule has 0 bridgehead atoms. The number of unbranched alkanes of at least 4 members (excludes halogenated alkanes) is 58. The van der Waals surface area contributed by atoms with Crippen molar-refractivity contribution in [1.82, 2.24) is 5.32 Å². The van der Waals surface area contributed by atoms with Gasteiger partial charge in [0.05, 0.1) is 38.6 Å². The van der Waals surface area contributed by atoms with Crippen LogP contribution in [0.2, 0.25) is 0 Å². The van der Waals surface area contributed by atoms with Gasteiger partial charge in [-0.25, -0.2) is 0 Å². The summed E-state index contributed by atoms with van der Waals surface area (Å²) in [7, 11) is 0. The lowest BCUT2D eigenvalue weighted by atomic mass is 9.96. The molecule has 3 heterocycles. The molecule has 0 aromatic carbocycles. The van der Waals surface area contributed by atoms with Crippen LogP contribution in [0.3, 0.4) is 0 Å². The zero-order valence-corrected chi connectivity index (χ0v) is 67.7. The maximum Gasteiger partial charge on any atom is 0.220 e. The third kappa shape index (κ3) is 46.6. The highest BCUT2D eigenvalue weighted by Gasteiger charge is 2.54. The molecule has 17 atom stereocenters. The topological polar surface area (TPSA) is 307 Å². The van der Waals surface area contributed by atoms with Crippen molar-refractivity contribution in [2.75, 3.05) is 26.4 Å². The number of aliphatic hydroxyl groups excluding tert-OH is 11. The minimum atomic E-state index is -1.98. The van der Waals surface area contributed by atoms with Gasteiger partial charge < -0.3 is 89.9 Å². The Morgan fingerprint density at radius 2 is 0.585 bits per heavy atom. The minimum absolute atomic E-state index is 0.251. The molecule has 3 fully saturated rings. The second-order valence-electron chi connectivity index (χ2n) is 32.4. The molecule has 628 valence electrons. The van der Waals surface area contributed by atoms with Crippen molar-refractivity contribution >= 4 is 5.91 Å². The van der Waals surface area contributed by atoms with Gasteiger partial charge in [-0.3, -0.25) is 4.79 Å². The summed E-state index contributed by atoms with van der Waals surface area (Å²) >= 11 is 0. The first kappa shape index (κ1) is 98.7. The third-order valence-electron chi connectivity index (χ3n) is 22.8. The molecular formula is C87H167NO18. The number of carbonyl (C=O) groups excluding carboxylic acids is 1. The van der Waals surface area contributed by atoms with Crippen molar-refractivity contribution in [3.63, 3.8) is 0 Å². The van der Waals surface area contributed by atoms with Crippen LogP contribution in [0.1, 0.15) is 406 Å². The van der Waals surface area contributed by atoms with E-state index >= 15 is 0 Å². The maximum atomic E-state index is 13.5. The summed E-state index contributed by atoms with van der Waals surface area (Å²) in [4.78, 5) is 13.5. The Labute approximate surface area is 646 Å². The number of rotatable bonds is 74. The molecule has 0 saturated carbocycles. The lowest BCUT2D eigenvalue weighted by Crippen LogP contribution is -2.66. The average molecular weight is 1520 g/mol. The van der Waals surface area contributed by atoms with E-state index in [-0.39, 0.29) is 18.9 Å². The summed E-state index contributed by atoms with van der Waals surface area (Å²) in [5.41, 5.74) is 0. The van der Waals surface area contributed by atoms with E-state index in [2.05, 4.69) is 19.2 Å². The number of nitrogens with one attached hydrogen (secondary N) is 1. The smallest absolute Gasteiger partial charge is 0.220 e. The second kappa shape index (κ2) is 68.0. The molecule has 3 aliphatic heterocycles. The Morgan fingerprint density at radius 1 is 0.330 bits per heavy atom. The third-order valence-corrected chi connectivity index (χ3v) is 22.8. The highest BCUT2D eigenvalue weighted by Crippen LogP contribution is 2.34. The number of ether oxygens (including phenoxy) is 6. The molecule has 0 aromatic rings. The van der Waals surface area contributed by atoms with Gasteiger partial charge in [-0.1, -0.05) is 392 Å². The van der Waals surface area contributed by atoms with E-state index in [4.69, 9.17) is 28.4 Å². The summed E-state index contributed by atoms with van der Waals surface area (Å²) < 4.78 is 34.5. The van der Waals surface area contributed by atoms with Gasteiger partial charge in [0.25, 0.3) is 0 Å². The van der Waals surface area contributed by atoms with Crippen LogP contribution in [0.4, 0.5) is 0 Å². The van der Waals surface area contributed by atoms with E-state index in [9.17, 15) is 61.0 Å². The Bertz CT molecular complexity index is 1960. The lowest BCUT2D eigenvalue weighted by molar-refractivity contribution is -0.379. The van der Waals surface area contributed by atoms with E-state index in [0.717, 1.165) is 44.9 Å². The molecule has 106 heavy (non-hydrogen) atoms. The van der Waals surface area contributed by atoms with Crippen LogP contribution in [-0.2, 0) is 33.2 Å². The monoisotopic (exact) mass is 1510 g/mol. The fourth-order valence-corrected chi connectivity index (χ4v) is 15.7. The number of carbonyl (C=O) groups is 1.